The molecule has 2 aromatic carbocycles. The second-order valence-electron chi connectivity index (χ2n) is 8.13. The maximum atomic E-state index is 11.8. The maximum absolute atomic E-state index is 11.8. The van der Waals surface area contributed by atoms with Gasteiger partial charge in [-0.3, -0.25) is 9.69 Å². The van der Waals surface area contributed by atoms with Crippen LogP contribution in [0.25, 0.3) is 0 Å². The summed E-state index contributed by atoms with van der Waals surface area (Å²) in [4.78, 5) is 14.3. The summed E-state index contributed by atoms with van der Waals surface area (Å²) < 4.78 is 11.0. The van der Waals surface area contributed by atoms with E-state index in [1.807, 2.05) is 18.2 Å². The van der Waals surface area contributed by atoms with Crippen molar-refractivity contribution >= 4 is 29.2 Å². The summed E-state index contributed by atoms with van der Waals surface area (Å²) in [6, 6.07) is 10.2. The molecule has 1 fully saturated rings. The molecule has 30 heavy (non-hydrogen) atoms. The smallest absolute Gasteiger partial charge is 0.308 e. The highest BCUT2D eigenvalue weighted by Gasteiger charge is 2.34. The van der Waals surface area contributed by atoms with Crippen molar-refractivity contribution in [2.24, 2.45) is 5.92 Å². The van der Waals surface area contributed by atoms with Gasteiger partial charge >= 0.3 is 5.97 Å². The molecule has 1 atom stereocenters. The molecule has 1 aliphatic carbocycles. The Balaban J connectivity index is 1.45. The largest absolute Gasteiger partial charge is 0.489 e. The minimum absolute atomic E-state index is 0.0428. The van der Waals surface area contributed by atoms with Gasteiger partial charge < -0.3 is 9.47 Å². The highest BCUT2D eigenvalue weighted by Crippen LogP contribution is 2.42. The Morgan fingerprint density at radius 3 is 2.47 bits per heavy atom. The fraction of sp³-hybridized carbons (Fsp3) is 0.458. The van der Waals surface area contributed by atoms with Crippen LogP contribution in [0.5, 0.6) is 5.75 Å². The zero-order chi connectivity index (χ0) is 21.3. The first-order chi connectivity index (χ1) is 14.5. The van der Waals surface area contributed by atoms with Gasteiger partial charge in [-0.2, -0.15) is 0 Å². The molecular weight excluding hydrogens is 421 g/mol. The summed E-state index contributed by atoms with van der Waals surface area (Å²) >= 11 is 12.5. The molecule has 0 saturated carbocycles. The molecule has 1 aliphatic heterocycles. The number of esters is 1. The number of benzene rings is 2. The lowest BCUT2D eigenvalue weighted by Gasteiger charge is -2.35. The molecule has 2 aromatic rings. The minimum atomic E-state index is -0.0715. The van der Waals surface area contributed by atoms with Crippen LogP contribution in [-0.4, -0.2) is 31.1 Å². The third kappa shape index (κ3) is 4.18. The number of carbonyl (C=O) groups excluding carboxylic acids is 1. The van der Waals surface area contributed by atoms with Crippen LogP contribution in [0.15, 0.2) is 30.3 Å². The molecule has 1 saturated heterocycles. The van der Waals surface area contributed by atoms with E-state index >= 15 is 0 Å². The van der Waals surface area contributed by atoms with Gasteiger partial charge in [0.15, 0.2) is 0 Å². The zero-order valence-electron chi connectivity index (χ0n) is 17.4. The van der Waals surface area contributed by atoms with Gasteiger partial charge in [-0.1, -0.05) is 35.3 Å². The van der Waals surface area contributed by atoms with Crippen LogP contribution < -0.4 is 4.74 Å². The normalized spacial score (nSPS) is 19.5. The molecule has 1 unspecified atom stereocenters. The third-order valence-electron chi connectivity index (χ3n) is 6.55. The van der Waals surface area contributed by atoms with E-state index in [9.17, 15) is 4.79 Å². The van der Waals surface area contributed by atoms with Gasteiger partial charge in [-0.25, -0.2) is 0 Å². The Hall–Kier alpha value is -1.75. The average molecular weight is 448 g/mol. The fourth-order valence-corrected chi connectivity index (χ4v) is 5.31. The van der Waals surface area contributed by atoms with Gasteiger partial charge in [-0.05, 0) is 80.6 Å². The van der Waals surface area contributed by atoms with Gasteiger partial charge in [0.2, 0.25) is 0 Å². The van der Waals surface area contributed by atoms with Crippen molar-refractivity contribution in [1.29, 1.82) is 0 Å². The van der Waals surface area contributed by atoms with E-state index in [1.54, 1.807) is 0 Å². The van der Waals surface area contributed by atoms with Gasteiger partial charge in [-0.15, -0.1) is 0 Å². The molecule has 0 aromatic heterocycles. The van der Waals surface area contributed by atoms with Crippen molar-refractivity contribution in [2.45, 2.75) is 45.3 Å². The number of methoxy groups -OCH3 is 1. The van der Waals surface area contributed by atoms with Crippen LogP contribution in [0, 0.1) is 12.8 Å². The van der Waals surface area contributed by atoms with Crippen molar-refractivity contribution in [2.75, 3.05) is 20.2 Å². The fourth-order valence-electron chi connectivity index (χ4n) is 4.81. The summed E-state index contributed by atoms with van der Waals surface area (Å²) in [6.45, 7) is 4.36. The number of fused-ring (bicyclic) bond motifs is 1. The standard InChI is InChI=1S/C24H27Cl2NO3/c1-15-17-6-8-22(27-12-10-16(11-13-27)24(28)29-2)18(17)7-9-23(15)30-14-19-20(25)4-3-5-21(19)26/h3-5,7,9,16,22H,6,8,10-14H2,1-2H3. The van der Waals surface area contributed by atoms with E-state index in [0.29, 0.717) is 22.7 Å². The van der Waals surface area contributed by atoms with Gasteiger partial charge in [0, 0.05) is 21.7 Å². The molecule has 0 spiro atoms. The molecule has 4 nitrogen and oxygen atoms in total. The number of ether oxygens (including phenoxy) is 2. The predicted molar refractivity (Wildman–Crippen MR) is 119 cm³/mol. The number of halogens is 2. The summed E-state index contributed by atoms with van der Waals surface area (Å²) in [5.74, 6) is 0.855. The molecular formula is C24H27Cl2NO3. The lowest BCUT2D eigenvalue weighted by molar-refractivity contribution is -0.147. The van der Waals surface area contributed by atoms with Gasteiger partial charge in [0.1, 0.15) is 12.4 Å². The Bertz CT molecular complexity index is 918. The quantitative estimate of drug-likeness (QED) is 0.546. The Kier molecular flexibility index (Phi) is 6.57. The number of nitrogens with zero attached hydrogens (tertiary/aromatic N) is 1. The van der Waals surface area contributed by atoms with E-state index in [2.05, 4.69) is 24.0 Å². The van der Waals surface area contributed by atoms with Crippen molar-refractivity contribution in [3.8, 4) is 5.75 Å². The molecule has 0 bridgehead atoms. The second kappa shape index (κ2) is 9.17. The summed E-state index contributed by atoms with van der Waals surface area (Å²) in [5, 5.41) is 1.24. The lowest BCUT2D eigenvalue weighted by Crippen LogP contribution is -2.38. The number of piperidine rings is 1. The molecule has 6 heteroatoms. The van der Waals surface area contributed by atoms with Crippen LogP contribution in [0.2, 0.25) is 10.0 Å². The van der Waals surface area contributed by atoms with Gasteiger partial charge in [0.05, 0.1) is 13.0 Å². The van der Waals surface area contributed by atoms with Crippen LogP contribution in [-0.2, 0) is 22.6 Å². The second-order valence-corrected chi connectivity index (χ2v) is 8.95. The van der Waals surface area contributed by atoms with Crippen molar-refractivity contribution < 1.29 is 14.3 Å². The number of hydrogen-bond donors (Lipinski definition) is 0. The van der Waals surface area contributed by atoms with E-state index in [0.717, 1.165) is 50.1 Å². The summed E-state index contributed by atoms with van der Waals surface area (Å²) in [7, 11) is 1.48. The van der Waals surface area contributed by atoms with E-state index in [4.69, 9.17) is 32.7 Å². The number of hydrogen-bond acceptors (Lipinski definition) is 4. The molecule has 0 amide bonds. The Labute approximate surface area is 188 Å². The first-order valence-corrected chi connectivity index (χ1v) is 11.2. The van der Waals surface area contributed by atoms with Crippen molar-refractivity contribution in [3.63, 3.8) is 0 Å². The monoisotopic (exact) mass is 447 g/mol. The highest BCUT2D eigenvalue weighted by molar-refractivity contribution is 6.35. The lowest BCUT2D eigenvalue weighted by atomic mass is 9.94. The molecule has 160 valence electrons. The van der Waals surface area contributed by atoms with E-state index in [1.165, 1.54) is 23.8 Å². The average Bonchev–Trinajstić information content (AvgIpc) is 3.19. The Morgan fingerprint density at radius 1 is 1.10 bits per heavy atom. The first-order valence-electron chi connectivity index (χ1n) is 10.5. The molecule has 2 aliphatic rings. The van der Waals surface area contributed by atoms with E-state index in [-0.39, 0.29) is 11.9 Å². The third-order valence-corrected chi connectivity index (χ3v) is 7.26. The van der Waals surface area contributed by atoms with E-state index < -0.39 is 0 Å². The van der Waals surface area contributed by atoms with Crippen molar-refractivity contribution in [3.05, 3.63) is 62.6 Å². The maximum Gasteiger partial charge on any atom is 0.308 e. The van der Waals surface area contributed by atoms with Crippen LogP contribution in [0.3, 0.4) is 0 Å². The molecule has 1 heterocycles. The Morgan fingerprint density at radius 2 is 1.80 bits per heavy atom. The molecule has 0 N–H and O–H groups in total. The minimum Gasteiger partial charge on any atom is -0.489 e. The SMILES string of the molecule is COC(=O)C1CCN(C2CCc3c2ccc(OCc2c(Cl)cccc2Cl)c3C)CC1. The van der Waals surface area contributed by atoms with Gasteiger partial charge in [0.25, 0.3) is 0 Å². The van der Waals surface area contributed by atoms with Crippen LogP contribution in [0.4, 0.5) is 0 Å². The zero-order valence-corrected chi connectivity index (χ0v) is 18.9. The molecule has 4 rings (SSSR count). The number of rotatable bonds is 5. The van der Waals surface area contributed by atoms with Crippen LogP contribution >= 0.6 is 23.2 Å². The first kappa shape index (κ1) is 21.5. The topological polar surface area (TPSA) is 38.8 Å². The summed E-state index contributed by atoms with van der Waals surface area (Å²) in [6.07, 6.45) is 3.90. The van der Waals surface area contributed by atoms with Crippen LogP contribution in [0.1, 0.15) is 47.6 Å². The van der Waals surface area contributed by atoms with Crippen molar-refractivity contribution in [1.82, 2.24) is 4.90 Å². The molecule has 0 radical (unpaired) electrons. The summed E-state index contributed by atoms with van der Waals surface area (Å²) in [5.41, 5.74) is 4.79. The number of carbonyl (C=O) groups is 1. The number of likely N-dealkylation sites (tertiary alicyclic amines) is 1. The predicted octanol–water partition coefficient (Wildman–Crippen LogP) is 5.75. The highest BCUT2D eigenvalue weighted by atomic mass is 35.5.